The van der Waals surface area contributed by atoms with E-state index < -0.39 is 59.7 Å². The first-order valence-electron chi connectivity index (χ1n) is 19.3. The molecule has 5 atom stereocenters. The van der Waals surface area contributed by atoms with E-state index in [-0.39, 0.29) is 37.9 Å². The number of rotatable bonds is 11. The molecule has 1 aliphatic carbocycles. The van der Waals surface area contributed by atoms with Crippen molar-refractivity contribution in [3.8, 4) is 0 Å². The molecule has 3 aromatic rings. The second kappa shape index (κ2) is 19.9. The molecule has 2 aliphatic rings. The summed E-state index contributed by atoms with van der Waals surface area (Å²) in [7, 11) is 1.55. The molecule has 4 N–H and O–H groups in total. The summed E-state index contributed by atoms with van der Waals surface area (Å²) in [5, 5.41) is 11.7. The van der Waals surface area contributed by atoms with Crippen molar-refractivity contribution in [1.29, 1.82) is 0 Å². The number of benzene rings is 3. The van der Waals surface area contributed by atoms with Crippen molar-refractivity contribution in [3.05, 3.63) is 108 Å². The molecule has 0 bridgehead atoms. The monoisotopic (exact) mass is 737 g/mol. The Balaban J connectivity index is 1.53. The summed E-state index contributed by atoms with van der Waals surface area (Å²) in [6, 6.07) is 22.9. The molecular weight excluding hydrogens is 683 g/mol. The molecule has 1 saturated carbocycles. The molecule has 288 valence electrons. The van der Waals surface area contributed by atoms with E-state index in [0.717, 1.165) is 48.8 Å². The van der Waals surface area contributed by atoms with Crippen LogP contribution in [0.1, 0.15) is 69.1 Å². The number of amides is 5. The minimum atomic E-state index is -1.19. The van der Waals surface area contributed by atoms with Gasteiger partial charge in [-0.25, -0.2) is 0 Å². The van der Waals surface area contributed by atoms with Crippen molar-refractivity contribution in [2.75, 3.05) is 13.7 Å². The van der Waals surface area contributed by atoms with E-state index in [1.165, 1.54) is 4.90 Å². The molecule has 5 rings (SSSR count). The van der Waals surface area contributed by atoms with Gasteiger partial charge in [-0.15, -0.1) is 0 Å². The maximum Gasteiger partial charge on any atom is 0.245 e. The summed E-state index contributed by atoms with van der Waals surface area (Å²) < 4.78 is 6.01. The van der Waals surface area contributed by atoms with Gasteiger partial charge in [-0.1, -0.05) is 137 Å². The van der Waals surface area contributed by atoms with E-state index >= 15 is 0 Å². The zero-order valence-electron chi connectivity index (χ0n) is 31.7. The third-order valence-electron chi connectivity index (χ3n) is 10.5. The Hall–Kier alpha value is -5.03. The summed E-state index contributed by atoms with van der Waals surface area (Å²) in [6.45, 7) is 3.68. The lowest BCUT2D eigenvalue weighted by atomic mass is 9.84. The van der Waals surface area contributed by atoms with Gasteiger partial charge in [0, 0.05) is 19.9 Å². The first kappa shape index (κ1) is 40.2. The zero-order chi connectivity index (χ0) is 38.5. The number of carbonyl (C=O) groups excluding carboxylic acids is 5. The average Bonchev–Trinajstić information content (AvgIpc) is 3.18. The van der Waals surface area contributed by atoms with Crippen LogP contribution in [0.3, 0.4) is 0 Å². The van der Waals surface area contributed by atoms with Gasteiger partial charge in [0.1, 0.15) is 30.2 Å². The van der Waals surface area contributed by atoms with Crippen LogP contribution in [-0.4, -0.2) is 78.3 Å². The van der Waals surface area contributed by atoms with Crippen molar-refractivity contribution in [2.45, 2.75) is 102 Å². The summed E-state index contributed by atoms with van der Waals surface area (Å²) in [4.78, 5) is 72.8. The van der Waals surface area contributed by atoms with Crippen LogP contribution in [0.25, 0.3) is 0 Å². The summed E-state index contributed by atoms with van der Waals surface area (Å²) in [5.41, 5.74) is 2.51. The molecule has 1 saturated heterocycles. The van der Waals surface area contributed by atoms with Crippen LogP contribution in [0.15, 0.2) is 91.0 Å². The number of likely N-dealkylation sites (N-methyl/N-ethyl adjacent to an activating group) is 1. The van der Waals surface area contributed by atoms with E-state index in [1.807, 2.05) is 105 Å². The van der Waals surface area contributed by atoms with Gasteiger partial charge < -0.3 is 30.9 Å². The second-order valence-corrected chi connectivity index (χ2v) is 15.0. The van der Waals surface area contributed by atoms with Crippen LogP contribution < -0.4 is 21.3 Å². The molecule has 0 unspecified atom stereocenters. The summed E-state index contributed by atoms with van der Waals surface area (Å²) in [6.07, 6.45) is 5.79. The number of carbonyl (C=O) groups is 5. The summed E-state index contributed by atoms with van der Waals surface area (Å²) >= 11 is 0. The van der Waals surface area contributed by atoms with E-state index in [4.69, 9.17) is 4.74 Å². The number of hydrogen-bond donors (Lipinski definition) is 4. The smallest absolute Gasteiger partial charge is 0.245 e. The van der Waals surface area contributed by atoms with Gasteiger partial charge in [-0.2, -0.15) is 0 Å². The third kappa shape index (κ3) is 11.5. The average molecular weight is 738 g/mol. The van der Waals surface area contributed by atoms with Gasteiger partial charge in [0.2, 0.25) is 29.5 Å². The van der Waals surface area contributed by atoms with Crippen LogP contribution >= 0.6 is 0 Å². The lowest BCUT2D eigenvalue weighted by molar-refractivity contribution is -0.143. The molecule has 3 aromatic carbocycles. The van der Waals surface area contributed by atoms with Crippen molar-refractivity contribution in [2.24, 2.45) is 11.8 Å². The van der Waals surface area contributed by atoms with Gasteiger partial charge in [0.15, 0.2) is 0 Å². The zero-order valence-corrected chi connectivity index (χ0v) is 31.7. The fourth-order valence-electron chi connectivity index (χ4n) is 7.32. The summed E-state index contributed by atoms with van der Waals surface area (Å²) in [5.74, 6) is -2.76. The molecule has 1 heterocycles. The SMILES string of the molecule is CC(C)[C@H]1NC(=O)[C@@H](Cc2ccccc2)N(C)C(=O)[C@H](Cc2ccccc2)NC(=O)[C@H](COCc2ccccc2)NC(=O)[C@H](CC2CCCCC2)NC1=O. The topological polar surface area (TPSA) is 146 Å². The van der Waals surface area contributed by atoms with Crippen molar-refractivity contribution >= 4 is 29.5 Å². The maximum absolute atomic E-state index is 14.5. The fourth-order valence-corrected chi connectivity index (χ4v) is 7.32. The largest absolute Gasteiger partial charge is 0.374 e. The van der Waals surface area contributed by atoms with E-state index in [9.17, 15) is 24.0 Å². The Morgan fingerprint density at radius 3 is 1.72 bits per heavy atom. The standard InChI is InChI=1S/C43H55N5O6/c1-29(2)38-42(52)44-34(24-30-16-8-4-9-17-30)39(49)46-36(28-54-27-33-22-14-7-15-23-33)40(50)45-35(25-31-18-10-5-11-19-31)43(53)48(3)37(41(51)47-38)26-32-20-12-6-13-21-32/h5-7,10-15,18-23,29-30,34-38H,4,8-9,16-17,24-28H2,1-3H3,(H,44,52)(H,45,50)(H,46,49)(H,47,51)/t34-,35-,36-,37+,38+/m0/s1. The van der Waals surface area contributed by atoms with Crippen LogP contribution in [-0.2, 0) is 48.2 Å². The predicted molar refractivity (Wildman–Crippen MR) is 207 cm³/mol. The molecule has 1 aliphatic heterocycles. The highest BCUT2D eigenvalue weighted by Gasteiger charge is 2.38. The van der Waals surface area contributed by atoms with Crippen LogP contribution in [0.5, 0.6) is 0 Å². The van der Waals surface area contributed by atoms with Gasteiger partial charge in [-0.05, 0) is 34.9 Å². The van der Waals surface area contributed by atoms with Gasteiger partial charge in [0.05, 0.1) is 13.2 Å². The predicted octanol–water partition coefficient (Wildman–Crippen LogP) is 4.09. The molecule has 0 radical (unpaired) electrons. The Kier molecular flexibility index (Phi) is 14.8. The third-order valence-corrected chi connectivity index (χ3v) is 10.5. The van der Waals surface area contributed by atoms with Gasteiger partial charge >= 0.3 is 0 Å². The Labute approximate surface area is 319 Å². The highest BCUT2D eigenvalue weighted by atomic mass is 16.5. The maximum atomic E-state index is 14.5. The normalized spacial score (nSPS) is 23.8. The molecule has 0 spiro atoms. The number of nitrogens with zero attached hydrogens (tertiary/aromatic N) is 1. The first-order valence-corrected chi connectivity index (χ1v) is 19.3. The van der Waals surface area contributed by atoms with Gasteiger partial charge in [-0.3, -0.25) is 24.0 Å². The molecule has 54 heavy (non-hydrogen) atoms. The second-order valence-electron chi connectivity index (χ2n) is 15.0. The molecule has 0 aromatic heterocycles. The van der Waals surface area contributed by atoms with Crippen molar-refractivity contribution in [3.63, 3.8) is 0 Å². The molecule has 11 heteroatoms. The minimum Gasteiger partial charge on any atom is -0.374 e. The van der Waals surface area contributed by atoms with Crippen molar-refractivity contribution in [1.82, 2.24) is 26.2 Å². The lowest BCUT2D eigenvalue weighted by Crippen LogP contribution is -2.59. The Morgan fingerprint density at radius 1 is 0.611 bits per heavy atom. The molecular formula is C43H55N5O6. The van der Waals surface area contributed by atoms with Crippen molar-refractivity contribution < 1.29 is 28.7 Å². The molecule has 2 fully saturated rings. The quantitative estimate of drug-likeness (QED) is 0.233. The Morgan fingerprint density at radius 2 is 1.13 bits per heavy atom. The fraction of sp³-hybridized carbons (Fsp3) is 0.465. The van der Waals surface area contributed by atoms with E-state index in [0.29, 0.717) is 6.42 Å². The number of hydrogen-bond acceptors (Lipinski definition) is 6. The minimum absolute atomic E-state index is 0.139. The van der Waals surface area contributed by atoms with Crippen LogP contribution in [0.4, 0.5) is 0 Å². The van der Waals surface area contributed by atoms with E-state index in [2.05, 4.69) is 21.3 Å². The Bertz CT molecular complexity index is 1680. The van der Waals surface area contributed by atoms with Gasteiger partial charge in [0.25, 0.3) is 0 Å². The lowest BCUT2D eigenvalue weighted by Gasteiger charge is -2.33. The number of ether oxygens (including phenoxy) is 1. The van der Waals surface area contributed by atoms with E-state index in [1.54, 1.807) is 7.05 Å². The van der Waals surface area contributed by atoms with Crippen LogP contribution in [0, 0.1) is 11.8 Å². The molecule has 11 nitrogen and oxygen atoms in total. The first-order chi connectivity index (χ1) is 26.1. The van der Waals surface area contributed by atoms with Crippen LogP contribution in [0.2, 0.25) is 0 Å². The number of nitrogens with one attached hydrogen (secondary N) is 4. The highest BCUT2D eigenvalue weighted by Crippen LogP contribution is 2.28. The molecule has 5 amide bonds. The highest BCUT2D eigenvalue weighted by molar-refractivity contribution is 5.98.